The lowest BCUT2D eigenvalue weighted by Crippen LogP contribution is -2.27. The minimum Gasteiger partial charge on any atom is -0.341 e. The maximum atomic E-state index is 11.6. The zero-order valence-corrected chi connectivity index (χ0v) is 10.0. The van der Waals surface area contributed by atoms with E-state index in [0.29, 0.717) is 19.5 Å². The van der Waals surface area contributed by atoms with Crippen molar-refractivity contribution in [2.45, 2.75) is 19.8 Å². The molecule has 0 radical (unpaired) electrons. The summed E-state index contributed by atoms with van der Waals surface area (Å²) in [5.41, 5.74) is 2.04. The molecule has 0 aliphatic carbocycles. The quantitative estimate of drug-likeness (QED) is 0.733. The van der Waals surface area contributed by atoms with E-state index in [2.05, 4.69) is 10.9 Å². The van der Waals surface area contributed by atoms with Gasteiger partial charge >= 0.3 is 0 Å². The number of likely N-dealkylation sites (tertiary alicyclic amines) is 1. The number of hydrogen-bond donors (Lipinski definition) is 0. The van der Waals surface area contributed by atoms with Gasteiger partial charge in [0.15, 0.2) is 0 Å². The summed E-state index contributed by atoms with van der Waals surface area (Å²) in [6, 6.07) is 5.96. The standard InChI is InChI=1S/C14H16N2O/c1-3-12-9-14(17)16(10-12)8-7-13-6-4-5-11(2)15-13/h1,4-6,12H,7-10H2,2H3. The molecule has 1 fully saturated rings. The van der Waals surface area contributed by atoms with Gasteiger partial charge in [0, 0.05) is 43.2 Å². The maximum absolute atomic E-state index is 11.6. The molecule has 0 N–H and O–H groups in total. The van der Waals surface area contributed by atoms with Crippen molar-refractivity contribution in [3.63, 3.8) is 0 Å². The average Bonchev–Trinajstić information content (AvgIpc) is 2.68. The zero-order valence-electron chi connectivity index (χ0n) is 10.0. The monoisotopic (exact) mass is 228 g/mol. The first kappa shape index (κ1) is 11.7. The minimum atomic E-state index is 0.0907. The van der Waals surface area contributed by atoms with Crippen LogP contribution in [-0.4, -0.2) is 28.9 Å². The number of carbonyl (C=O) groups is 1. The predicted molar refractivity (Wildman–Crippen MR) is 66.2 cm³/mol. The number of pyridine rings is 1. The van der Waals surface area contributed by atoms with Gasteiger partial charge in [0.1, 0.15) is 0 Å². The Morgan fingerprint density at radius 3 is 3.06 bits per heavy atom. The van der Waals surface area contributed by atoms with Crippen LogP contribution in [0.3, 0.4) is 0 Å². The molecule has 0 aromatic carbocycles. The highest BCUT2D eigenvalue weighted by atomic mass is 16.2. The topological polar surface area (TPSA) is 33.2 Å². The van der Waals surface area contributed by atoms with Gasteiger partial charge < -0.3 is 4.90 Å². The highest BCUT2D eigenvalue weighted by molar-refractivity contribution is 5.79. The fourth-order valence-corrected chi connectivity index (χ4v) is 2.09. The number of terminal acetylenes is 1. The molecule has 3 heteroatoms. The summed E-state index contributed by atoms with van der Waals surface area (Å²) in [6.07, 6.45) is 6.64. The van der Waals surface area contributed by atoms with Crippen LogP contribution in [0.4, 0.5) is 0 Å². The SMILES string of the molecule is C#CC1CC(=O)N(CCc2cccc(C)n2)C1. The molecule has 1 saturated heterocycles. The van der Waals surface area contributed by atoms with Gasteiger partial charge in [0.2, 0.25) is 5.91 Å². The summed E-state index contributed by atoms with van der Waals surface area (Å²) < 4.78 is 0. The van der Waals surface area contributed by atoms with Crippen LogP contribution in [-0.2, 0) is 11.2 Å². The number of aromatic nitrogens is 1. The van der Waals surface area contributed by atoms with Gasteiger partial charge in [-0.3, -0.25) is 9.78 Å². The summed E-state index contributed by atoms with van der Waals surface area (Å²) in [5, 5.41) is 0. The molecule has 1 aromatic heterocycles. The highest BCUT2D eigenvalue weighted by Crippen LogP contribution is 2.16. The zero-order chi connectivity index (χ0) is 12.3. The Hall–Kier alpha value is -1.82. The second-order valence-corrected chi connectivity index (χ2v) is 4.43. The molecule has 1 aliphatic heterocycles. The molecule has 1 aromatic rings. The lowest BCUT2D eigenvalue weighted by atomic mass is 10.1. The second kappa shape index (κ2) is 5.01. The molecule has 1 unspecified atom stereocenters. The van der Waals surface area contributed by atoms with Gasteiger partial charge in [-0.1, -0.05) is 6.07 Å². The van der Waals surface area contributed by atoms with E-state index in [-0.39, 0.29) is 11.8 Å². The predicted octanol–water partition coefficient (Wildman–Crippen LogP) is 1.41. The molecular weight excluding hydrogens is 212 g/mol. The molecule has 1 aliphatic rings. The Balaban J connectivity index is 1.91. The van der Waals surface area contributed by atoms with Crippen LogP contribution in [0.2, 0.25) is 0 Å². The first-order chi connectivity index (χ1) is 8.19. The molecule has 88 valence electrons. The molecular formula is C14H16N2O. The summed E-state index contributed by atoms with van der Waals surface area (Å²) >= 11 is 0. The smallest absolute Gasteiger partial charge is 0.223 e. The average molecular weight is 228 g/mol. The molecule has 2 heterocycles. The lowest BCUT2D eigenvalue weighted by Gasteiger charge is -2.15. The fourth-order valence-electron chi connectivity index (χ4n) is 2.09. The number of hydrogen-bond acceptors (Lipinski definition) is 2. The van der Waals surface area contributed by atoms with Crippen LogP contribution in [0.25, 0.3) is 0 Å². The van der Waals surface area contributed by atoms with Crippen molar-refractivity contribution in [2.24, 2.45) is 5.92 Å². The second-order valence-electron chi connectivity index (χ2n) is 4.43. The van der Waals surface area contributed by atoms with E-state index in [1.54, 1.807) is 0 Å². The number of aryl methyl sites for hydroxylation is 1. The molecule has 0 saturated carbocycles. The summed E-state index contributed by atoms with van der Waals surface area (Å²) in [6.45, 7) is 3.38. The van der Waals surface area contributed by atoms with Crippen LogP contribution in [0, 0.1) is 25.2 Å². The van der Waals surface area contributed by atoms with E-state index < -0.39 is 0 Å². The van der Waals surface area contributed by atoms with Crippen LogP contribution in [0.1, 0.15) is 17.8 Å². The minimum absolute atomic E-state index is 0.0907. The van der Waals surface area contributed by atoms with Crippen LogP contribution in [0.15, 0.2) is 18.2 Å². The van der Waals surface area contributed by atoms with Gasteiger partial charge in [0.05, 0.1) is 0 Å². The summed E-state index contributed by atoms with van der Waals surface area (Å²) in [4.78, 5) is 17.9. The third-order valence-electron chi connectivity index (χ3n) is 3.03. The summed E-state index contributed by atoms with van der Waals surface area (Å²) in [5.74, 6) is 2.91. The number of carbonyl (C=O) groups excluding carboxylic acids is 1. The van der Waals surface area contributed by atoms with E-state index in [9.17, 15) is 4.79 Å². The van der Waals surface area contributed by atoms with Gasteiger partial charge in [0.25, 0.3) is 0 Å². The molecule has 17 heavy (non-hydrogen) atoms. The van der Waals surface area contributed by atoms with Gasteiger partial charge in [-0.05, 0) is 19.1 Å². The molecule has 1 atom stereocenters. The van der Waals surface area contributed by atoms with Crippen molar-refractivity contribution in [2.75, 3.05) is 13.1 Å². The highest BCUT2D eigenvalue weighted by Gasteiger charge is 2.27. The van der Waals surface area contributed by atoms with Gasteiger partial charge in [-0.25, -0.2) is 0 Å². The first-order valence-electron chi connectivity index (χ1n) is 5.85. The van der Waals surface area contributed by atoms with Crippen molar-refractivity contribution in [1.82, 2.24) is 9.88 Å². The third-order valence-corrected chi connectivity index (χ3v) is 3.03. The van der Waals surface area contributed by atoms with Crippen LogP contribution >= 0.6 is 0 Å². The lowest BCUT2D eigenvalue weighted by molar-refractivity contribution is -0.127. The first-order valence-corrected chi connectivity index (χ1v) is 5.85. The van der Waals surface area contributed by atoms with Crippen molar-refractivity contribution in [3.05, 3.63) is 29.6 Å². The van der Waals surface area contributed by atoms with E-state index in [0.717, 1.165) is 17.8 Å². The summed E-state index contributed by atoms with van der Waals surface area (Å²) in [7, 11) is 0. The molecule has 1 amide bonds. The van der Waals surface area contributed by atoms with Crippen molar-refractivity contribution < 1.29 is 4.79 Å². The Kier molecular flexibility index (Phi) is 3.43. The van der Waals surface area contributed by atoms with E-state index in [1.807, 2.05) is 30.0 Å². The third kappa shape index (κ3) is 2.85. The molecule has 0 bridgehead atoms. The van der Waals surface area contributed by atoms with E-state index in [1.165, 1.54) is 0 Å². The van der Waals surface area contributed by atoms with Crippen molar-refractivity contribution >= 4 is 5.91 Å². The maximum Gasteiger partial charge on any atom is 0.223 e. The number of nitrogens with zero attached hydrogens (tertiary/aromatic N) is 2. The van der Waals surface area contributed by atoms with E-state index in [4.69, 9.17) is 6.42 Å². The molecule has 3 nitrogen and oxygen atoms in total. The van der Waals surface area contributed by atoms with Crippen molar-refractivity contribution in [1.29, 1.82) is 0 Å². The van der Waals surface area contributed by atoms with Gasteiger partial charge in [-0.2, -0.15) is 0 Å². The van der Waals surface area contributed by atoms with Crippen molar-refractivity contribution in [3.8, 4) is 12.3 Å². The number of rotatable bonds is 3. The molecule has 2 rings (SSSR count). The largest absolute Gasteiger partial charge is 0.341 e. The van der Waals surface area contributed by atoms with E-state index >= 15 is 0 Å². The van der Waals surface area contributed by atoms with Gasteiger partial charge in [-0.15, -0.1) is 12.3 Å². The Bertz CT molecular complexity index is 462. The van der Waals surface area contributed by atoms with Crippen LogP contribution < -0.4 is 0 Å². The Labute approximate surface area is 102 Å². The van der Waals surface area contributed by atoms with Crippen LogP contribution in [0.5, 0.6) is 0 Å². The normalized spacial score (nSPS) is 19.4. The fraction of sp³-hybridized carbons (Fsp3) is 0.429. The Morgan fingerprint density at radius 2 is 2.41 bits per heavy atom. The molecule has 0 spiro atoms. The Morgan fingerprint density at radius 1 is 1.59 bits per heavy atom. The number of amides is 1.